The third-order valence-electron chi connectivity index (χ3n) is 4.57. The van der Waals surface area contributed by atoms with Crippen LogP contribution in [0.15, 0.2) is 0 Å². The molecule has 0 aliphatic carbocycles. The second-order valence-corrected chi connectivity index (χ2v) is 6.26. The van der Waals surface area contributed by atoms with E-state index in [4.69, 9.17) is 0 Å². The molecule has 2 heteroatoms. The summed E-state index contributed by atoms with van der Waals surface area (Å²) in [5, 5.41) is 3.72. The van der Waals surface area contributed by atoms with Crippen LogP contribution in [0, 0.1) is 5.92 Å². The van der Waals surface area contributed by atoms with Crippen LogP contribution < -0.4 is 5.32 Å². The molecular weight excluding hydrogens is 208 g/mol. The summed E-state index contributed by atoms with van der Waals surface area (Å²) in [5.41, 5.74) is 0.320. The van der Waals surface area contributed by atoms with E-state index in [0.717, 1.165) is 12.0 Å². The van der Waals surface area contributed by atoms with Crippen LogP contribution in [-0.2, 0) is 0 Å². The molecule has 0 saturated carbocycles. The lowest BCUT2D eigenvalue weighted by molar-refractivity contribution is 0.150. The lowest BCUT2D eigenvalue weighted by Gasteiger charge is -2.36. The van der Waals surface area contributed by atoms with Crippen molar-refractivity contribution >= 4 is 0 Å². The summed E-state index contributed by atoms with van der Waals surface area (Å²) in [6.45, 7) is 15.4. The van der Waals surface area contributed by atoms with Crippen molar-refractivity contribution in [3.8, 4) is 0 Å². The van der Waals surface area contributed by atoms with Crippen LogP contribution in [0.4, 0.5) is 0 Å². The number of nitrogens with zero attached hydrogens (tertiary/aromatic N) is 1. The van der Waals surface area contributed by atoms with Crippen molar-refractivity contribution in [1.82, 2.24) is 10.2 Å². The summed E-state index contributed by atoms with van der Waals surface area (Å²) in [6.07, 6.45) is 5.16. The van der Waals surface area contributed by atoms with Gasteiger partial charge in [0.25, 0.3) is 0 Å². The molecule has 0 spiro atoms. The summed E-state index contributed by atoms with van der Waals surface area (Å²) in [4.78, 5) is 2.70. The van der Waals surface area contributed by atoms with Crippen molar-refractivity contribution < 1.29 is 0 Å². The molecule has 1 saturated heterocycles. The van der Waals surface area contributed by atoms with Crippen molar-refractivity contribution in [2.45, 2.75) is 71.9 Å². The Labute approximate surface area is 108 Å². The number of nitrogens with one attached hydrogen (secondary N) is 1. The van der Waals surface area contributed by atoms with E-state index in [-0.39, 0.29) is 0 Å². The molecule has 0 radical (unpaired) electrons. The Bertz CT molecular complexity index is 217. The first-order chi connectivity index (χ1) is 8.00. The molecule has 1 rings (SSSR count). The van der Waals surface area contributed by atoms with Crippen molar-refractivity contribution in [1.29, 1.82) is 0 Å². The third-order valence-corrected chi connectivity index (χ3v) is 4.57. The predicted molar refractivity (Wildman–Crippen MR) is 76.4 cm³/mol. The molecule has 0 aromatic heterocycles. The van der Waals surface area contributed by atoms with Crippen molar-refractivity contribution in [3.63, 3.8) is 0 Å². The van der Waals surface area contributed by atoms with E-state index in [9.17, 15) is 0 Å². The van der Waals surface area contributed by atoms with Gasteiger partial charge in [-0.05, 0) is 52.1 Å². The van der Waals surface area contributed by atoms with Crippen LogP contribution in [0.2, 0.25) is 0 Å². The van der Waals surface area contributed by atoms with Gasteiger partial charge < -0.3 is 5.32 Å². The third kappa shape index (κ3) is 4.59. The van der Waals surface area contributed by atoms with Gasteiger partial charge in [-0.15, -0.1) is 0 Å². The Hall–Kier alpha value is -0.0800. The van der Waals surface area contributed by atoms with E-state index in [1.165, 1.54) is 45.3 Å². The van der Waals surface area contributed by atoms with Gasteiger partial charge in [0.05, 0.1) is 0 Å². The standard InChI is InChI=1S/C15H32N2/c1-6-13(3)11-14(4)17-10-8-9-16-15(5,7-2)12-17/h13-14,16H,6-12H2,1-5H3. The Balaban J connectivity index is 2.56. The van der Waals surface area contributed by atoms with E-state index in [1.54, 1.807) is 0 Å². The summed E-state index contributed by atoms with van der Waals surface area (Å²) in [6, 6.07) is 0.732. The molecule has 0 bridgehead atoms. The molecule has 1 aliphatic rings. The van der Waals surface area contributed by atoms with Gasteiger partial charge in [0.15, 0.2) is 0 Å². The zero-order valence-corrected chi connectivity index (χ0v) is 12.6. The van der Waals surface area contributed by atoms with Crippen LogP contribution in [0.25, 0.3) is 0 Å². The van der Waals surface area contributed by atoms with Gasteiger partial charge in [0.1, 0.15) is 0 Å². The molecule has 1 fully saturated rings. The second-order valence-electron chi connectivity index (χ2n) is 6.26. The molecule has 1 N–H and O–H groups in total. The van der Waals surface area contributed by atoms with Crippen molar-refractivity contribution in [2.75, 3.05) is 19.6 Å². The van der Waals surface area contributed by atoms with Crippen LogP contribution in [0.1, 0.15) is 60.3 Å². The maximum atomic E-state index is 3.72. The molecule has 1 aliphatic heterocycles. The zero-order chi connectivity index (χ0) is 12.9. The average Bonchev–Trinajstić information content (AvgIpc) is 2.52. The van der Waals surface area contributed by atoms with Crippen molar-refractivity contribution in [2.24, 2.45) is 5.92 Å². The van der Waals surface area contributed by atoms with Crippen LogP contribution in [0.3, 0.4) is 0 Å². The predicted octanol–water partition coefficient (Wildman–Crippen LogP) is 3.28. The molecule has 0 aromatic carbocycles. The lowest BCUT2D eigenvalue weighted by Crippen LogP contribution is -2.50. The van der Waals surface area contributed by atoms with Gasteiger partial charge in [0, 0.05) is 18.1 Å². The minimum atomic E-state index is 0.320. The van der Waals surface area contributed by atoms with Crippen LogP contribution in [-0.4, -0.2) is 36.1 Å². The van der Waals surface area contributed by atoms with E-state index < -0.39 is 0 Å². The quantitative estimate of drug-likeness (QED) is 0.793. The first-order valence-electron chi connectivity index (χ1n) is 7.49. The summed E-state index contributed by atoms with van der Waals surface area (Å²) in [5.74, 6) is 0.856. The summed E-state index contributed by atoms with van der Waals surface area (Å²) in [7, 11) is 0. The maximum absolute atomic E-state index is 3.72. The summed E-state index contributed by atoms with van der Waals surface area (Å²) < 4.78 is 0. The van der Waals surface area contributed by atoms with Gasteiger partial charge in [-0.3, -0.25) is 4.90 Å². The fraction of sp³-hybridized carbons (Fsp3) is 1.00. The van der Waals surface area contributed by atoms with Crippen LogP contribution in [0.5, 0.6) is 0 Å². The highest BCUT2D eigenvalue weighted by molar-refractivity contribution is 4.89. The van der Waals surface area contributed by atoms with Gasteiger partial charge in [-0.1, -0.05) is 27.2 Å². The van der Waals surface area contributed by atoms with Gasteiger partial charge in [-0.2, -0.15) is 0 Å². The van der Waals surface area contributed by atoms with Gasteiger partial charge in [0.2, 0.25) is 0 Å². The molecule has 0 amide bonds. The topological polar surface area (TPSA) is 15.3 Å². The highest BCUT2D eigenvalue weighted by Crippen LogP contribution is 2.21. The molecule has 3 atom stereocenters. The lowest BCUT2D eigenvalue weighted by atomic mass is 9.95. The molecule has 2 nitrogen and oxygen atoms in total. The second kappa shape index (κ2) is 6.75. The molecule has 0 aromatic rings. The Morgan fingerprint density at radius 3 is 2.59 bits per heavy atom. The number of hydrogen-bond donors (Lipinski definition) is 1. The number of rotatable bonds is 5. The maximum Gasteiger partial charge on any atom is 0.0277 e. The van der Waals surface area contributed by atoms with E-state index in [1.807, 2.05) is 0 Å². The summed E-state index contributed by atoms with van der Waals surface area (Å²) >= 11 is 0. The van der Waals surface area contributed by atoms with Gasteiger partial charge >= 0.3 is 0 Å². The molecular formula is C15H32N2. The highest BCUT2D eigenvalue weighted by atomic mass is 15.2. The Morgan fingerprint density at radius 1 is 1.29 bits per heavy atom. The molecule has 3 unspecified atom stereocenters. The average molecular weight is 240 g/mol. The fourth-order valence-electron chi connectivity index (χ4n) is 2.77. The molecule has 102 valence electrons. The SMILES string of the molecule is CCC(C)CC(C)N1CCCNC(C)(CC)C1. The van der Waals surface area contributed by atoms with E-state index in [0.29, 0.717) is 5.54 Å². The minimum absolute atomic E-state index is 0.320. The van der Waals surface area contributed by atoms with Crippen molar-refractivity contribution in [3.05, 3.63) is 0 Å². The minimum Gasteiger partial charge on any atom is -0.310 e. The van der Waals surface area contributed by atoms with Crippen LogP contribution >= 0.6 is 0 Å². The smallest absolute Gasteiger partial charge is 0.0277 e. The highest BCUT2D eigenvalue weighted by Gasteiger charge is 2.29. The van der Waals surface area contributed by atoms with E-state index in [2.05, 4.69) is 44.8 Å². The first-order valence-corrected chi connectivity index (χ1v) is 7.49. The zero-order valence-electron chi connectivity index (χ0n) is 12.6. The Kier molecular flexibility index (Phi) is 5.94. The molecule has 17 heavy (non-hydrogen) atoms. The fourth-order valence-corrected chi connectivity index (χ4v) is 2.77. The number of hydrogen-bond acceptors (Lipinski definition) is 2. The van der Waals surface area contributed by atoms with Gasteiger partial charge in [-0.25, -0.2) is 0 Å². The molecule has 1 heterocycles. The normalized spacial score (nSPS) is 30.9. The largest absolute Gasteiger partial charge is 0.310 e. The Morgan fingerprint density at radius 2 is 2.00 bits per heavy atom. The monoisotopic (exact) mass is 240 g/mol. The first kappa shape index (κ1) is 15.0. The van der Waals surface area contributed by atoms with E-state index >= 15 is 0 Å².